The fourth-order valence-corrected chi connectivity index (χ4v) is 3.73. The van der Waals surface area contributed by atoms with Gasteiger partial charge in [-0.25, -0.2) is 13.1 Å². The number of sulfonamides is 1. The molecule has 7 nitrogen and oxygen atoms in total. The SMILES string of the molecule is CS(=O)(=O)NC[C@@H]1CCCCN1C(=O)c1ccc(OCc2cccnc2)cc1. The van der Waals surface area contributed by atoms with Crippen LogP contribution in [0, 0.1) is 0 Å². The molecule has 0 aliphatic carbocycles. The molecule has 150 valence electrons. The third-order valence-electron chi connectivity index (χ3n) is 4.70. The minimum absolute atomic E-state index is 0.0844. The molecule has 0 spiro atoms. The molecule has 2 aromatic rings. The molecule has 1 aliphatic rings. The van der Waals surface area contributed by atoms with Crippen LogP contribution in [0.2, 0.25) is 0 Å². The second kappa shape index (κ2) is 9.16. The molecule has 1 saturated heterocycles. The summed E-state index contributed by atoms with van der Waals surface area (Å²) in [6.07, 6.45) is 7.29. The molecule has 1 fully saturated rings. The van der Waals surface area contributed by atoms with Gasteiger partial charge in [0.1, 0.15) is 12.4 Å². The maximum atomic E-state index is 12.9. The molecule has 8 heteroatoms. The molecule has 28 heavy (non-hydrogen) atoms. The Hall–Kier alpha value is -2.45. The molecule has 2 heterocycles. The predicted octanol–water partition coefficient (Wildman–Crippen LogP) is 2.20. The number of hydrogen-bond donors (Lipinski definition) is 1. The molecule has 0 radical (unpaired) electrons. The van der Waals surface area contributed by atoms with E-state index in [0.717, 1.165) is 31.1 Å². The highest BCUT2D eigenvalue weighted by Crippen LogP contribution is 2.21. The molecule has 1 atom stereocenters. The van der Waals surface area contributed by atoms with Gasteiger partial charge in [-0.1, -0.05) is 6.07 Å². The Morgan fingerprint density at radius 1 is 1.25 bits per heavy atom. The van der Waals surface area contributed by atoms with Crippen LogP contribution in [-0.2, 0) is 16.6 Å². The largest absolute Gasteiger partial charge is 0.489 e. The normalized spacial score (nSPS) is 17.3. The summed E-state index contributed by atoms with van der Waals surface area (Å²) >= 11 is 0. The van der Waals surface area contributed by atoms with Gasteiger partial charge < -0.3 is 9.64 Å². The predicted molar refractivity (Wildman–Crippen MR) is 107 cm³/mol. The lowest BCUT2D eigenvalue weighted by atomic mass is 10.0. The van der Waals surface area contributed by atoms with Crippen molar-refractivity contribution in [2.24, 2.45) is 0 Å². The Balaban J connectivity index is 1.62. The van der Waals surface area contributed by atoms with Crippen LogP contribution in [0.25, 0.3) is 0 Å². The number of carbonyl (C=O) groups is 1. The Morgan fingerprint density at radius 3 is 2.71 bits per heavy atom. The van der Waals surface area contributed by atoms with Gasteiger partial charge in [-0.2, -0.15) is 0 Å². The molecule has 1 aromatic heterocycles. The number of rotatable bonds is 7. The third kappa shape index (κ3) is 5.77. The zero-order valence-electron chi connectivity index (χ0n) is 15.9. The lowest BCUT2D eigenvalue weighted by molar-refractivity contribution is 0.0618. The summed E-state index contributed by atoms with van der Waals surface area (Å²) in [6.45, 7) is 1.29. The lowest BCUT2D eigenvalue weighted by Crippen LogP contribution is -2.49. The average molecular weight is 404 g/mol. The van der Waals surface area contributed by atoms with Crippen molar-refractivity contribution in [3.63, 3.8) is 0 Å². The summed E-state index contributed by atoms with van der Waals surface area (Å²) < 4.78 is 31.0. The molecule has 1 amide bonds. The van der Waals surface area contributed by atoms with E-state index in [1.807, 2.05) is 12.1 Å². The van der Waals surface area contributed by atoms with Crippen molar-refractivity contribution in [2.75, 3.05) is 19.3 Å². The highest BCUT2D eigenvalue weighted by atomic mass is 32.2. The van der Waals surface area contributed by atoms with Crippen LogP contribution in [0.15, 0.2) is 48.8 Å². The first-order valence-electron chi connectivity index (χ1n) is 9.30. The van der Waals surface area contributed by atoms with Gasteiger partial charge in [-0.3, -0.25) is 9.78 Å². The summed E-state index contributed by atoms with van der Waals surface area (Å²) in [4.78, 5) is 18.7. The monoisotopic (exact) mass is 403 g/mol. The van der Waals surface area contributed by atoms with Crippen LogP contribution in [0.4, 0.5) is 0 Å². The number of likely N-dealkylation sites (tertiary alicyclic amines) is 1. The van der Waals surface area contributed by atoms with E-state index in [2.05, 4.69) is 9.71 Å². The minimum atomic E-state index is -3.28. The van der Waals surface area contributed by atoms with Gasteiger partial charge >= 0.3 is 0 Å². The quantitative estimate of drug-likeness (QED) is 0.766. The van der Waals surface area contributed by atoms with Crippen LogP contribution in [0.5, 0.6) is 5.75 Å². The first-order valence-corrected chi connectivity index (χ1v) is 11.2. The van der Waals surface area contributed by atoms with Crippen LogP contribution >= 0.6 is 0 Å². The summed E-state index contributed by atoms with van der Waals surface area (Å²) in [5.74, 6) is 0.591. The van der Waals surface area contributed by atoms with Gasteiger partial charge in [0.15, 0.2) is 0 Å². The Kier molecular flexibility index (Phi) is 6.64. The van der Waals surface area contributed by atoms with Crippen LogP contribution in [0.1, 0.15) is 35.2 Å². The number of aromatic nitrogens is 1. The van der Waals surface area contributed by atoms with Crippen molar-refractivity contribution < 1.29 is 17.9 Å². The third-order valence-corrected chi connectivity index (χ3v) is 5.39. The number of carbonyl (C=O) groups excluding carboxylic acids is 1. The lowest BCUT2D eigenvalue weighted by Gasteiger charge is -2.35. The molecule has 1 aliphatic heterocycles. The van der Waals surface area contributed by atoms with Crippen LogP contribution in [0.3, 0.4) is 0 Å². The van der Waals surface area contributed by atoms with Crippen molar-refractivity contribution in [3.05, 3.63) is 59.9 Å². The Labute approximate surface area is 165 Å². The van der Waals surface area contributed by atoms with Gasteiger partial charge in [0, 0.05) is 42.7 Å². The van der Waals surface area contributed by atoms with Crippen molar-refractivity contribution in [2.45, 2.75) is 31.9 Å². The van der Waals surface area contributed by atoms with Gasteiger partial charge in [-0.15, -0.1) is 0 Å². The van der Waals surface area contributed by atoms with Gasteiger partial charge in [0.25, 0.3) is 5.91 Å². The van der Waals surface area contributed by atoms with E-state index in [9.17, 15) is 13.2 Å². The van der Waals surface area contributed by atoms with Gasteiger partial charge in [0.2, 0.25) is 10.0 Å². The smallest absolute Gasteiger partial charge is 0.254 e. The van der Waals surface area contributed by atoms with Crippen molar-refractivity contribution in [1.82, 2.24) is 14.6 Å². The standard InChI is InChI=1S/C20H25N3O4S/c1-28(25,26)22-14-18-6-2-3-12-23(18)20(24)17-7-9-19(10-8-17)27-15-16-5-4-11-21-13-16/h4-5,7-11,13,18,22H,2-3,6,12,14-15H2,1H3/t18-/m0/s1. The second-order valence-electron chi connectivity index (χ2n) is 6.94. The second-order valence-corrected chi connectivity index (χ2v) is 8.78. The van der Waals surface area contributed by atoms with E-state index in [-0.39, 0.29) is 18.5 Å². The highest BCUT2D eigenvalue weighted by Gasteiger charge is 2.28. The van der Waals surface area contributed by atoms with Crippen LogP contribution in [-0.4, -0.2) is 49.6 Å². The number of benzene rings is 1. The van der Waals surface area contributed by atoms with E-state index < -0.39 is 10.0 Å². The molecule has 1 aromatic carbocycles. The van der Waals surface area contributed by atoms with E-state index in [1.54, 1.807) is 41.6 Å². The fraction of sp³-hybridized carbons (Fsp3) is 0.400. The molecule has 0 saturated carbocycles. The molecule has 3 rings (SSSR count). The molecular weight excluding hydrogens is 378 g/mol. The molecule has 0 bridgehead atoms. The molecule has 0 unspecified atom stereocenters. The topological polar surface area (TPSA) is 88.6 Å². The summed E-state index contributed by atoms with van der Waals surface area (Å²) in [5, 5.41) is 0. The zero-order chi connectivity index (χ0) is 20.0. The molecule has 1 N–H and O–H groups in total. The molecular formula is C20H25N3O4S. The maximum absolute atomic E-state index is 12.9. The maximum Gasteiger partial charge on any atom is 0.254 e. The highest BCUT2D eigenvalue weighted by molar-refractivity contribution is 7.88. The first kappa shape index (κ1) is 20.3. The summed E-state index contributed by atoms with van der Waals surface area (Å²) in [7, 11) is -3.28. The number of hydrogen-bond acceptors (Lipinski definition) is 5. The van der Waals surface area contributed by atoms with Crippen LogP contribution < -0.4 is 9.46 Å². The summed E-state index contributed by atoms with van der Waals surface area (Å²) in [6, 6.07) is 10.7. The fourth-order valence-electron chi connectivity index (χ4n) is 3.24. The number of amides is 1. The van der Waals surface area contributed by atoms with Gasteiger partial charge in [-0.05, 0) is 49.6 Å². The van der Waals surface area contributed by atoms with Gasteiger partial charge in [0.05, 0.1) is 6.26 Å². The number of ether oxygens (including phenoxy) is 1. The van der Waals surface area contributed by atoms with E-state index in [1.165, 1.54) is 0 Å². The average Bonchev–Trinajstić information content (AvgIpc) is 2.71. The summed E-state index contributed by atoms with van der Waals surface area (Å²) in [5.41, 5.74) is 1.54. The van der Waals surface area contributed by atoms with E-state index in [0.29, 0.717) is 24.5 Å². The van der Waals surface area contributed by atoms with Crippen molar-refractivity contribution in [1.29, 1.82) is 0 Å². The Bertz CT molecular complexity index is 885. The van der Waals surface area contributed by atoms with Crippen molar-refractivity contribution >= 4 is 15.9 Å². The minimum Gasteiger partial charge on any atom is -0.489 e. The zero-order valence-corrected chi connectivity index (χ0v) is 16.7. The number of pyridine rings is 1. The number of nitrogens with zero attached hydrogens (tertiary/aromatic N) is 2. The van der Waals surface area contributed by atoms with Crippen molar-refractivity contribution in [3.8, 4) is 5.75 Å². The first-order chi connectivity index (χ1) is 13.4. The number of nitrogens with one attached hydrogen (secondary N) is 1. The van der Waals surface area contributed by atoms with E-state index >= 15 is 0 Å². The Morgan fingerprint density at radius 2 is 2.04 bits per heavy atom. The van der Waals surface area contributed by atoms with E-state index in [4.69, 9.17) is 4.74 Å². The number of piperidine rings is 1.